The third kappa shape index (κ3) is 4.50. The molecule has 0 spiro atoms. The first-order valence-corrected chi connectivity index (χ1v) is 14.5. The standard InChI is InChI=1S/C35H40N6/c1-32(2)23-33(3,4)41-31(39-32)40(34(5,6)35(41,7)8)30-37-28(25-18-13-10-14-19-25)36-29(38-30)27-21-15-20-26(22-27)24-16-11-9-12-17-24/h9-22H,23H2,1-8H3. The third-order valence-electron chi connectivity index (χ3n) is 8.97. The Kier molecular flexibility index (Phi) is 6.11. The zero-order valence-corrected chi connectivity index (χ0v) is 25.5. The minimum Gasteiger partial charge on any atom is -0.330 e. The highest BCUT2D eigenvalue weighted by Crippen LogP contribution is 2.51. The maximum absolute atomic E-state index is 5.35. The average molecular weight is 545 g/mol. The lowest BCUT2D eigenvalue weighted by molar-refractivity contribution is 0.0495. The third-order valence-corrected chi connectivity index (χ3v) is 8.97. The van der Waals surface area contributed by atoms with Crippen molar-refractivity contribution in [3.05, 3.63) is 84.9 Å². The quantitative estimate of drug-likeness (QED) is 0.262. The Morgan fingerprint density at radius 2 is 1.10 bits per heavy atom. The average Bonchev–Trinajstić information content (AvgIpc) is 3.08. The summed E-state index contributed by atoms with van der Waals surface area (Å²) in [6, 6.07) is 29.0. The van der Waals surface area contributed by atoms with E-state index in [1.54, 1.807) is 0 Å². The maximum atomic E-state index is 5.35. The van der Waals surface area contributed by atoms with E-state index >= 15 is 0 Å². The molecule has 0 amide bonds. The summed E-state index contributed by atoms with van der Waals surface area (Å²) < 4.78 is 0. The first-order valence-electron chi connectivity index (χ1n) is 14.5. The molecule has 0 aliphatic carbocycles. The Labute approximate surface area is 244 Å². The number of aliphatic imine (C=N–C) groups is 1. The first-order chi connectivity index (χ1) is 19.3. The number of guanidine groups is 1. The molecule has 6 rings (SSSR count). The normalized spacial score (nSPS) is 20.0. The number of aromatic nitrogens is 3. The zero-order chi connectivity index (χ0) is 29.2. The van der Waals surface area contributed by atoms with Crippen molar-refractivity contribution in [1.82, 2.24) is 19.9 Å². The molecule has 0 atom stereocenters. The molecule has 6 heteroatoms. The van der Waals surface area contributed by atoms with Crippen LogP contribution in [-0.4, -0.2) is 48.0 Å². The zero-order valence-electron chi connectivity index (χ0n) is 25.5. The highest BCUT2D eigenvalue weighted by Gasteiger charge is 2.63. The number of hydrogen-bond acceptors (Lipinski definition) is 6. The van der Waals surface area contributed by atoms with E-state index < -0.39 is 0 Å². The fraction of sp³-hybridized carbons (Fsp3) is 0.371. The van der Waals surface area contributed by atoms with E-state index in [-0.39, 0.29) is 22.2 Å². The molecule has 2 aliphatic rings. The second-order valence-corrected chi connectivity index (χ2v) is 13.6. The fourth-order valence-corrected chi connectivity index (χ4v) is 6.84. The molecule has 1 fully saturated rings. The summed E-state index contributed by atoms with van der Waals surface area (Å²) in [5, 5.41) is 0. The predicted octanol–water partition coefficient (Wildman–Crippen LogP) is 7.87. The first kappa shape index (κ1) is 27.1. The van der Waals surface area contributed by atoms with Gasteiger partial charge in [0.15, 0.2) is 11.6 Å². The topological polar surface area (TPSA) is 57.5 Å². The summed E-state index contributed by atoms with van der Waals surface area (Å²) in [7, 11) is 0. The van der Waals surface area contributed by atoms with Crippen LogP contribution in [0, 0.1) is 0 Å². The Morgan fingerprint density at radius 1 is 0.561 bits per heavy atom. The fourth-order valence-electron chi connectivity index (χ4n) is 6.84. The molecule has 0 saturated carbocycles. The SMILES string of the molecule is CC1(C)CC(C)(C)N2C(=N1)N(c1nc(-c3ccccc3)nc(-c3cccc(-c4ccccc4)c3)n1)C(C)(C)C2(C)C. The largest absolute Gasteiger partial charge is 0.330 e. The van der Waals surface area contributed by atoms with Crippen molar-refractivity contribution in [2.24, 2.45) is 4.99 Å². The number of anilines is 1. The van der Waals surface area contributed by atoms with Crippen LogP contribution in [0.2, 0.25) is 0 Å². The molecule has 1 aromatic heterocycles. The van der Waals surface area contributed by atoms with Crippen molar-refractivity contribution in [1.29, 1.82) is 0 Å². The molecule has 210 valence electrons. The lowest BCUT2D eigenvalue weighted by atomic mass is 9.77. The number of hydrogen-bond donors (Lipinski definition) is 0. The predicted molar refractivity (Wildman–Crippen MR) is 169 cm³/mol. The van der Waals surface area contributed by atoms with Gasteiger partial charge in [-0.25, -0.2) is 9.98 Å². The van der Waals surface area contributed by atoms with Gasteiger partial charge in [0.2, 0.25) is 11.9 Å². The van der Waals surface area contributed by atoms with Crippen LogP contribution in [0.4, 0.5) is 5.95 Å². The van der Waals surface area contributed by atoms with Crippen molar-refractivity contribution in [3.63, 3.8) is 0 Å². The van der Waals surface area contributed by atoms with Crippen LogP contribution in [-0.2, 0) is 0 Å². The van der Waals surface area contributed by atoms with Crippen LogP contribution < -0.4 is 4.90 Å². The molecular weight excluding hydrogens is 504 g/mol. The molecule has 0 N–H and O–H groups in total. The van der Waals surface area contributed by atoms with E-state index in [0.717, 1.165) is 34.6 Å². The van der Waals surface area contributed by atoms with Crippen LogP contribution in [0.1, 0.15) is 61.8 Å². The van der Waals surface area contributed by atoms with Gasteiger partial charge in [0.05, 0.1) is 16.6 Å². The molecule has 3 aromatic carbocycles. The summed E-state index contributed by atoms with van der Waals surface area (Å²) in [4.78, 5) is 25.4. The Bertz CT molecular complexity index is 1620. The molecule has 0 unspecified atom stereocenters. The van der Waals surface area contributed by atoms with E-state index in [2.05, 4.69) is 126 Å². The van der Waals surface area contributed by atoms with Gasteiger partial charge in [0, 0.05) is 16.7 Å². The summed E-state index contributed by atoms with van der Waals surface area (Å²) in [5.41, 5.74) is 3.28. The van der Waals surface area contributed by atoms with Gasteiger partial charge in [-0.05, 0) is 79.0 Å². The molecule has 3 heterocycles. The van der Waals surface area contributed by atoms with Crippen molar-refractivity contribution in [2.75, 3.05) is 4.90 Å². The minimum atomic E-state index is -0.359. The van der Waals surface area contributed by atoms with Gasteiger partial charge in [-0.15, -0.1) is 0 Å². The molecule has 6 nitrogen and oxygen atoms in total. The number of nitrogens with zero attached hydrogens (tertiary/aromatic N) is 6. The Balaban J connectivity index is 1.58. The summed E-state index contributed by atoms with van der Waals surface area (Å²) in [5.74, 6) is 2.84. The summed E-state index contributed by atoms with van der Waals surface area (Å²) in [6.07, 6.45) is 0.959. The van der Waals surface area contributed by atoms with E-state index in [1.807, 2.05) is 24.3 Å². The van der Waals surface area contributed by atoms with E-state index in [9.17, 15) is 0 Å². The number of rotatable bonds is 4. The molecule has 2 aliphatic heterocycles. The number of benzene rings is 3. The minimum absolute atomic E-state index is 0.0990. The van der Waals surface area contributed by atoms with Crippen LogP contribution in [0.3, 0.4) is 0 Å². The van der Waals surface area contributed by atoms with Gasteiger partial charge in [-0.1, -0.05) is 78.9 Å². The maximum Gasteiger partial charge on any atom is 0.236 e. The Hall–Kier alpha value is -4.06. The summed E-state index contributed by atoms with van der Waals surface area (Å²) >= 11 is 0. The molecule has 41 heavy (non-hydrogen) atoms. The van der Waals surface area contributed by atoms with Gasteiger partial charge >= 0.3 is 0 Å². The van der Waals surface area contributed by atoms with Gasteiger partial charge in [0.1, 0.15) is 0 Å². The van der Waals surface area contributed by atoms with E-state index in [0.29, 0.717) is 17.6 Å². The van der Waals surface area contributed by atoms with Crippen molar-refractivity contribution in [3.8, 4) is 33.9 Å². The van der Waals surface area contributed by atoms with Crippen LogP contribution in [0.5, 0.6) is 0 Å². The van der Waals surface area contributed by atoms with Crippen LogP contribution >= 0.6 is 0 Å². The Morgan fingerprint density at radius 3 is 1.73 bits per heavy atom. The van der Waals surface area contributed by atoms with Crippen LogP contribution in [0.25, 0.3) is 33.9 Å². The second kappa shape index (κ2) is 9.23. The van der Waals surface area contributed by atoms with E-state index in [1.165, 1.54) is 0 Å². The van der Waals surface area contributed by atoms with Crippen LogP contribution in [0.15, 0.2) is 89.9 Å². The van der Waals surface area contributed by atoms with Crippen molar-refractivity contribution < 1.29 is 0 Å². The van der Waals surface area contributed by atoms with Crippen molar-refractivity contribution in [2.45, 2.75) is 84.0 Å². The van der Waals surface area contributed by atoms with Gasteiger partial charge in [0.25, 0.3) is 0 Å². The highest BCUT2D eigenvalue weighted by molar-refractivity contribution is 6.01. The molecular formula is C35H40N6. The molecule has 1 saturated heterocycles. The second-order valence-electron chi connectivity index (χ2n) is 13.6. The monoisotopic (exact) mass is 544 g/mol. The molecule has 0 bridgehead atoms. The van der Waals surface area contributed by atoms with Gasteiger partial charge in [-0.3, -0.25) is 4.90 Å². The highest BCUT2D eigenvalue weighted by atomic mass is 15.6. The molecule has 0 radical (unpaired) electrons. The van der Waals surface area contributed by atoms with Crippen molar-refractivity contribution >= 4 is 11.9 Å². The molecule has 4 aromatic rings. The summed E-state index contributed by atoms with van der Waals surface area (Å²) in [6.45, 7) is 18.3. The lowest BCUT2D eigenvalue weighted by Gasteiger charge is -2.52. The van der Waals surface area contributed by atoms with Gasteiger partial charge in [-0.2, -0.15) is 9.97 Å². The van der Waals surface area contributed by atoms with E-state index in [4.69, 9.17) is 19.9 Å². The lowest BCUT2D eigenvalue weighted by Crippen LogP contribution is -2.62. The van der Waals surface area contributed by atoms with Gasteiger partial charge < -0.3 is 4.90 Å². The smallest absolute Gasteiger partial charge is 0.236 e. The number of fused-ring (bicyclic) bond motifs is 1.